The van der Waals surface area contributed by atoms with Crippen LogP contribution < -0.4 is 4.74 Å². The Morgan fingerprint density at radius 3 is 2.47 bits per heavy atom. The van der Waals surface area contributed by atoms with Crippen LogP contribution in [0.5, 0.6) is 5.75 Å². The van der Waals surface area contributed by atoms with Crippen molar-refractivity contribution in [1.82, 2.24) is 19.7 Å². The van der Waals surface area contributed by atoms with E-state index < -0.39 is 5.97 Å². The second-order valence-corrected chi connectivity index (χ2v) is 8.65. The molecule has 34 heavy (non-hydrogen) atoms. The highest BCUT2D eigenvalue weighted by Gasteiger charge is 2.26. The fraction of sp³-hybridized carbons (Fsp3) is 0.417. The van der Waals surface area contributed by atoms with Crippen LogP contribution in [0.1, 0.15) is 48.8 Å². The number of halogens is 1. The maximum Gasteiger partial charge on any atom is 0.409 e. The first kappa shape index (κ1) is 23.5. The lowest BCUT2D eigenvalue weighted by molar-refractivity contribution is 0.0690. The smallest absolute Gasteiger partial charge is 0.409 e. The number of aromatic carboxylic acids is 1. The van der Waals surface area contributed by atoms with Crippen molar-refractivity contribution < 1.29 is 28.6 Å². The van der Waals surface area contributed by atoms with Crippen molar-refractivity contribution in [2.24, 2.45) is 5.92 Å². The standard InChI is InChI=1S/C24H27FN4O5/c1-14(2)21-20-19(34-13-15-8-10-28(11-9-15)24(32)33-3)12-18(23(30)31)26-22(20)29(27-21)17-6-4-16(25)5-7-17/h4-7,12,14-15H,8-11,13H2,1-3H3,(H,30,31). The minimum Gasteiger partial charge on any atom is -0.492 e. The maximum atomic E-state index is 13.5. The van der Waals surface area contributed by atoms with Crippen molar-refractivity contribution in [2.75, 3.05) is 26.8 Å². The predicted molar refractivity (Wildman–Crippen MR) is 122 cm³/mol. The number of carboxylic acid groups (broad SMARTS) is 1. The largest absolute Gasteiger partial charge is 0.492 e. The van der Waals surface area contributed by atoms with Gasteiger partial charge >= 0.3 is 12.1 Å². The third kappa shape index (κ3) is 4.66. The number of hydrogen-bond acceptors (Lipinski definition) is 6. The van der Waals surface area contributed by atoms with E-state index in [2.05, 4.69) is 10.1 Å². The van der Waals surface area contributed by atoms with Crippen molar-refractivity contribution in [1.29, 1.82) is 0 Å². The molecule has 3 heterocycles. The zero-order chi connectivity index (χ0) is 24.4. The first-order valence-electron chi connectivity index (χ1n) is 11.2. The van der Waals surface area contributed by atoms with Gasteiger partial charge in [0.2, 0.25) is 0 Å². The Bertz CT molecular complexity index is 1200. The highest BCUT2D eigenvalue weighted by atomic mass is 19.1. The lowest BCUT2D eigenvalue weighted by Crippen LogP contribution is -2.39. The molecule has 0 radical (unpaired) electrons. The molecule has 1 aliphatic heterocycles. The predicted octanol–water partition coefficient (Wildman–Crippen LogP) is 4.24. The fourth-order valence-electron chi connectivity index (χ4n) is 4.12. The molecule has 0 unspecified atom stereocenters. The molecule has 1 saturated heterocycles. The van der Waals surface area contributed by atoms with Crippen LogP contribution in [0.4, 0.5) is 9.18 Å². The molecule has 4 rings (SSSR count). The number of hydrogen-bond donors (Lipinski definition) is 1. The van der Waals surface area contributed by atoms with Crippen LogP contribution >= 0.6 is 0 Å². The number of ether oxygens (including phenoxy) is 2. The van der Waals surface area contributed by atoms with Crippen LogP contribution in [0.25, 0.3) is 16.7 Å². The number of carbonyl (C=O) groups excluding carboxylic acids is 1. The van der Waals surface area contributed by atoms with Crippen molar-refractivity contribution in [3.63, 3.8) is 0 Å². The molecule has 1 aliphatic rings. The Hall–Kier alpha value is -3.69. The van der Waals surface area contributed by atoms with Gasteiger partial charge in [-0.1, -0.05) is 13.8 Å². The van der Waals surface area contributed by atoms with E-state index in [0.717, 1.165) is 12.8 Å². The Morgan fingerprint density at radius 2 is 1.88 bits per heavy atom. The number of carbonyl (C=O) groups is 2. The van der Waals surface area contributed by atoms with E-state index in [0.29, 0.717) is 47.9 Å². The SMILES string of the molecule is COC(=O)N1CCC(COc2cc(C(=O)O)nc3c2c(C(C)C)nn3-c2ccc(F)cc2)CC1. The first-order valence-corrected chi connectivity index (χ1v) is 11.2. The van der Waals surface area contributed by atoms with E-state index in [-0.39, 0.29) is 29.4 Å². The average molecular weight is 471 g/mol. The number of carboxylic acids is 1. The van der Waals surface area contributed by atoms with E-state index >= 15 is 0 Å². The molecule has 3 aromatic rings. The summed E-state index contributed by atoms with van der Waals surface area (Å²) in [6, 6.07) is 7.19. The lowest BCUT2D eigenvalue weighted by Gasteiger charge is -2.30. The molecule has 0 atom stereocenters. The van der Waals surface area contributed by atoms with Crippen LogP contribution in [0.2, 0.25) is 0 Å². The van der Waals surface area contributed by atoms with Crippen LogP contribution in [-0.2, 0) is 4.74 Å². The molecule has 0 bridgehead atoms. The molecule has 1 fully saturated rings. The number of rotatable bonds is 6. The average Bonchev–Trinajstić information content (AvgIpc) is 3.23. The van der Waals surface area contributed by atoms with Gasteiger partial charge in [0, 0.05) is 19.2 Å². The van der Waals surface area contributed by atoms with E-state index in [1.54, 1.807) is 17.0 Å². The Balaban J connectivity index is 1.69. The van der Waals surface area contributed by atoms with Crippen LogP contribution in [0.15, 0.2) is 30.3 Å². The molecule has 10 heteroatoms. The fourth-order valence-corrected chi connectivity index (χ4v) is 4.12. The summed E-state index contributed by atoms with van der Waals surface area (Å²) in [7, 11) is 1.37. The van der Waals surface area contributed by atoms with Crippen molar-refractivity contribution in [3.8, 4) is 11.4 Å². The van der Waals surface area contributed by atoms with Crippen LogP contribution in [0, 0.1) is 11.7 Å². The summed E-state index contributed by atoms with van der Waals surface area (Å²) in [5, 5.41) is 15.0. The van der Waals surface area contributed by atoms with Crippen molar-refractivity contribution in [2.45, 2.75) is 32.6 Å². The van der Waals surface area contributed by atoms with Gasteiger partial charge < -0.3 is 19.5 Å². The summed E-state index contributed by atoms with van der Waals surface area (Å²) < 4.78 is 26.0. The maximum absolute atomic E-state index is 13.5. The van der Waals surface area contributed by atoms with Gasteiger partial charge in [-0.15, -0.1) is 0 Å². The van der Waals surface area contributed by atoms with Gasteiger partial charge in [-0.25, -0.2) is 23.6 Å². The van der Waals surface area contributed by atoms with Gasteiger partial charge in [-0.05, 0) is 48.9 Å². The summed E-state index contributed by atoms with van der Waals surface area (Å²) in [5.74, 6) is -0.962. The van der Waals surface area contributed by atoms with E-state index in [1.165, 1.54) is 30.0 Å². The number of piperidine rings is 1. The third-order valence-electron chi connectivity index (χ3n) is 5.99. The summed E-state index contributed by atoms with van der Waals surface area (Å²) in [6.07, 6.45) is 1.17. The molecule has 0 spiro atoms. The minimum atomic E-state index is -1.18. The molecule has 0 saturated carbocycles. The highest BCUT2D eigenvalue weighted by molar-refractivity contribution is 5.94. The Kier molecular flexibility index (Phi) is 6.67. The minimum absolute atomic E-state index is 0.00678. The zero-order valence-electron chi connectivity index (χ0n) is 19.3. The van der Waals surface area contributed by atoms with E-state index in [1.807, 2.05) is 13.8 Å². The number of pyridine rings is 1. The monoisotopic (exact) mass is 470 g/mol. The Morgan fingerprint density at radius 1 is 1.21 bits per heavy atom. The molecule has 1 amide bonds. The highest BCUT2D eigenvalue weighted by Crippen LogP contribution is 2.35. The molecule has 1 N–H and O–H groups in total. The van der Waals surface area contributed by atoms with E-state index in [4.69, 9.17) is 9.47 Å². The number of methoxy groups -OCH3 is 1. The van der Waals surface area contributed by atoms with Gasteiger partial charge in [-0.3, -0.25) is 0 Å². The molecular weight excluding hydrogens is 443 g/mol. The van der Waals surface area contributed by atoms with Gasteiger partial charge in [0.25, 0.3) is 0 Å². The summed E-state index contributed by atoms with van der Waals surface area (Å²) in [6.45, 7) is 5.48. The number of likely N-dealkylation sites (tertiary alicyclic amines) is 1. The molecule has 1 aromatic carbocycles. The van der Waals surface area contributed by atoms with Gasteiger partial charge in [0.05, 0.1) is 30.5 Å². The van der Waals surface area contributed by atoms with Gasteiger partial charge in [0.1, 0.15) is 11.6 Å². The number of benzene rings is 1. The van der Waals surface area contributed by atoms with Gasteiger partial charge in [-0.2, -0.15) is 5.10 Å². The zero-order valence-corrected chi connectivity index (χ0v) is 19.3. The lowest BCUT2D eigenvalue weighted by atomic mass is 9.98. The third-order valence-corrected chi connectivity index (χ3v) is 5.99. The first-order chi connectivity index (χ1) is 16.3. The number of nitrogens with zero attached hydrogens (tertiary/aromatic N) is 4. The number of amides is 1. The number of fused-ring (bicyclic) bond motifs is 1. The normalized spacial score (nSPS) is 14.6. The molecule has 2 aromatic heterocycles. The second-order valence-electron chi connectivity index (χ2n) is 8.65. The quantitative estimate of drug-likeness (QED) is 0.574. The Labute approximate surface area is 196 Å². The van der Waals surface area contributed by atoms with Gasteiger partial charge in [0.15, 0.2) is 11.3 Å². The van der Waals surface area contributed by atoms with Crippen LogP contribution in [0.3, 0.4) is 0 Å². The second kappa shape index (κ2) is 9.66. The van der Waals surface area contributed by atoms with Crippen molar-refractivity contribution >= 4 is 23.1 Å². The van der Waals surface area contributed by atoms with Crippen molar-refractivity contribution in [3.05, 3.63) is 47.5 Å². The van der Waals surface area contributed by atoms with E-state index in [9.17, 15) is 19.1 Å². The summed E-state index contributed by atoms with van der Waals surface area (Å²) >= 11 is 0. The molecular formula is C24H27FN4O5. The summed E-state index contributed by atoms with van der Waals surface area (Å²) in [4.78, 5) is 29.5. The van der Waals surface area contributed by atoms with Crippen LogP contribution in [-0.4, -0.2) is 63.6 Å². The summed E-state index contributed by atoms with van der Waals surface area (Å²) in [5.41, 5.74) is 1.45. The molecule has 0 aliphatic carbocycles. The topological polar surface area (TPSA) is 107 Å². The number of aromatic nitrogens is 3. The molecule has 9 nitrogen and oxygen atoms in total. The molecule has 180 valence electrons.